The second-order valence-electron chi connectivity index (χ2n) is 4.18. The molecule has 1 heterocycles. The summed E-state index contributed by atoms with van der Waals surface area (Å²) in [6, 6.07) is 8.26. The Labute approximate surface area is 113 Å². The summed E-state index contributed by atoms with van der Waals surface area (Å²) in [5, 5.41) is 3.50. The van der Waals surface area contributed by atoms with Crippen molar-refractivity contribution in [3.63, 3.8) is 0 Å². The van der Waals surface area contributed by atoms with Gasteiger partial charge in [0.1, 0.15) is 12.4 Å². The van der Waals surface area contributed by atoms with Crippen LogP contribution < -0.4 is 28.4 Å². The maximum atomic E-state index is 5.66. The number of rotatable bonds is 5. The van der Waals surface area contributed by atoms with Crippen molar-refractivity contribution in [1.82, 2.24) is 4.98 Å². The summed E-state index contributed by atoms with van der Waals surface area (Å²) in [5.41, 5.74) is 7.56. The van der Waals surface area contributed by atoms with Gasteiger partial charge in [-0.3, -0.25) is 0 Å². The molecule has 0 aliphatic heterocycles. The highest BCUT2D eigenvalue weighted by Crippen LogP contribution is 2.13. The first-order valence-corrected chi connectivity index (χ1v) is 5.94. The Bertz CT molecular complexity index is 439. The van der Waals surface area contributed by atoms with Gasteiger partial charge >= 0.3 is 0 Å². The first-order valence-electron chi connectivity index (χ1n) is 5.94. The van der Waals surface area contributed by atoms with E-state index in [0.29, 0.717) is 6.04 Å². The van der Waals surface area contributed by atoms with Crippen molar-refractivity contribution < 1.29 is 17.4 Å². The summed E-state index contributed by atoms with van der Waals surface area (Å²) in [7, 11) is 0. The van der Waals surface area contributed by atoms with Gasteiger partial charge in [-0.1, -0.05) is 6.92 Å². The minimum absolute atomic E-state index is 0. The SMILES string of the molecule is CCC(Cc1[nH]cc[nH+]1)Nc1ccc(N)cc1.[Cl-]. The van der Waals surface area contributed by atoms with Gasteiger partial charge in [-0.05, 0) is 30.7 Å². The van der Waals surface area contributed by atoms with Crippen LogP contribution in [0.1, 0.15) is 19.2 Å². The summed E-state index contributed by atoms with van der Waals surface area (Å²) in [4.78, 5) is 6.36. The molecular formula is C13H19ClN4. The first-order chi connectivity index (χ1) is 8.28. The predicted octanol–water partition coefficient (Wildman–Crippen LogP) is -1.15. The van der Waals surface area contributed by atoms with Gasteiger partial charge in [-0.15, -0.1) is 0 Å². The first kappa shape index (κ1) is 14.4. The number of hydrogen-bond acceptors (Lipinski definition) is 2. The van der Waals surface area contributed by atoms with Crippen LogP contribution in [0, 0.1) is 0 Å². The van der Waals surface area contributed by atoms with Gasteiger partial charge in [-0.25, -0.2) is 9.97 Å². The van der Waals surface area contributed by atoms with Crippen molar-refractivity contribution in [3.8, 4) is 0 Å². The summed E-state index contributed by atoms with van der Waals surface area (Å²) < 4.78 is 0. The topological polar surface area (TPSA) is 68.0 Å². The number of halogens is 1. The van der Waals surface area contributed by atoms with Crippen LogP contribution in [0.15, 0.2) is 36.7 Å². The molecule has 1 unspecified atom stereocenters. The molecule has 0 saturated heterocycles. The van der Waals surface area contributed by atoms with E-state index in [1.165, 1.54) is 0 Å². The van der Waals surface area contributed by atoms with Crippen molar-refractivity contribution in [3.05, 3.63) is 42.5 Å². The maximum absolute atomic E-state index is 5.66. The number of aromatic amines is 2. The van der Waals surface area contributed by atoms with E-state index in [9.17, 15) is 0 Å². The zero-order chi connectivity index (χ0) is 12.1. The van der Waals surface area contributed by atoms with Crippen molar-refractivity contribution in [2.75, 3.05) is 11.1 Å². The number of nitrogens with one attached hydrogen (secondary N) is 3. The average molecular weight is 267 g/mol. The molecule has 0 fully saturated rings. The van der Waals surface area contributed by atoms with Crippen LogP contribution in [0.5, 0.6) is 0 Å². The summed E-state index contributed by atoms with van der Waals surface area (Å²) in [6.07, 6.45) is 5.83. The van der Waals surface area contributed by atoms with Crippen molar-refractivity contribution >= 4 is 11.4 Å². The third kappa shape index (κ3) is 3.96. The third-order valence-corrected chi connectivity index (χ3v) is 2.82. The van der Waals surface area contributed by atoms with E-state index in [4.69, 9.17) is 5.73 Å². The lowest BCUT2D eigenvalue weighted by Gasteiger charge is -2.15. The molecule has 0 saturated carbocycles. The number of H-pyrrole nitrogens is 2. The van der Waals surface area contributed by atoms with E-state index in [0.717, 1.165) is 30.0 Å². The van der Waals surface area contributed by atoms with E-state index < -0.39 is 0 Å². The van der Waals surface area contributed by atoms with Gasteiger partial charge in [0.2, 0.25) is 0 Å². The van der Waals surface area contributed by atoms with Gasteiger partial charge in [0.15, 0.2) is 0 Å². The van der Waals surface area contributed by atoms with Gasteiger partial charge < -0.3 is 23.5 Å². The summed E-state index contributed by atoms with van der Waals surface area (Å²) >= 11 is 0. The van der Waals surface area contributed by atoms with Crippen LogP contribution in [0.3, 0.4) is 0 Å². The molecule has 1 aromatic carbocycles. The number of hydrogen-bond donors (Lipinski definition) is 3. The van der Waals surface area contributed by atoms with Crippen molar-refractivity contribution in [1.29, 1.82) is 0 Å². The largest absolute Gasteiger partial charge is 1.00 e. The fourth-order valence-electron chi connectivity index (χ4n) is 1.80. The smallest absolute Gasteiger partial charge is 0.254 e. The third-order valence-electron chi connectivity index (χ3n) is 2.82. The van der Waals surface area contributed by atoms with Crippen LogP contribution >= 0.6 is 0 Å². The molecule has 1 aromatic heterocycles. The number of nitrogens with two attached hydrogens (primary N) is 1. The normalized spacial score (nSPS) is 11.6. The summed E-state index contributed by atoms with van der Waals surface area (Å²) in [5.74, 6) is 1.14. The molecule has 0 bridgehead atoms. The molecule has 98 valence electrons. The van der Waals surface area contributed by atoms with Crippen LogP contribution in [0.2, 0.25) is 0 Å². The Morgan fingerprint density at radius 1 is 1.33 bits per heavy atom. The highest BCUT2D eigenvalue weighted by molar-refractivity contribution is 5.51. The number of imidazole rings is 1. The Morgan fingerprint density at radius 3 is 2.61 bits per heavy atom. The molecule has 18 heavy (non-hydrogen) atoms. The lowest BCUT2D eigenvalue weighted by Crippen LogP contribution is -3.00. The Hall–Kier alpha value is -1.68. The molecule has 0 aliphatic carbocycles. The van der Waals surface area contributed by atoms with Crippen LogP contribution in [0.25, 0.3) is 0 Å². The second-order valence-corrected chi connectivity index (χ2v) is 4.18. The number of aromatic nitrogens is 2. The average Bonchev–Trinajstić information content (AvgIpc) is 2.84. The maximum Gasteiger partial charge on any atom is 0.254 e. The molecule has 0 radical (unpaired) electrons. The van der Waals surface area contributed by atoms with Crippen LogP contribution in [-0.4, -0.2) is 11.0 Å². The Kier molecular flexibility index (Phi) is 5.52. The van der Waals surface area contributed by atoms with Crippen molar-refractivity contribution in [2.45, 2.75) is 25.8 Å². The van der Waals surface area contributed by atoms with Gasteiger partial charge in [0, 0.05) is 17.4 Å². The lowest BCUT2D eigenvalue weighted by molar-refractivity contribution is -0.388. The van der Waals surface area contributed by atoms with Crippen LogP contribution in [-0.2, 0) is 6.42 Å². The van der Waals surface area contributed by atoms with Crippen molar-refractivity contribution in [2.24, 2.45) is 0 Å². The molecule has 2 rings (SSSR count). The van der Waals surface area contributed by atoms with E-state index in [-0.39, 0.29) is 12.4 Å². The van der Waals surface area contributed by atoms with E-state index in [1.54, 1.807) is 0 Å². The molecule has 0 aliphatic rings. The van der Waals surface area contributed by atoms with E-state index in [1.807, 2.05) is 36.7 Å². The minimum Gasteiger partial charge on any atom is -1.00 e. The molecule has 5 heteroatoms. The monoisotopic (exact) mass is 266 g/mol. The summed E-state index contributed by atoms with van der Waals surface area (Å²) in [6.45, 7) is 2.18. The minimum atomic E-state index is 0. The number of anilines is 2. The lowest BCUT2D eigenvalue weighted by atomic mass is 10.1. The predicted molar refractivity (Wildman–Crippen MR) is 69.6 cm³/mol. The fraction of sp³-hybridized carbons (Fsp3) is 0.308. The van der Waals surface area contributed by atoms with E-state index >= 15 is 0 Å². The Morgan fingerprint density at radius 2 is 2.06 bits per heavy atom. The second kappa shape index (κ2) is 6.91. The molecule has 5 N–H and O–H groups in total. The highest BCUT2D eigenvalue weighted by atomic mass is 35.5. The van der Waals surface area contributed by atoms with E-state index in [2.05, 4.69) is 22.2 Å². The number of benzene rings is 1. The molecule has 0 spiro atoms. The van der Waals surface area contributed by atoms with Crippen LogP contribution in [0.4, 0.5) is 11.4 Å². The fourth-order valence-corrected chi connectivity index (χ4v) is 1.80. The Balaban J connectivity index is 0.00000162. The highest BCUT2D eigenvalue weighted by Gasteiger charge is 2.11. The number of nitrogen functional groups attached to an aromatic ring is 1. The zero-order valence-electron chi connectivity index (χ0n) is 10.4. The zero-order valence-corrected chi connectivity index (χ0v) is 11.2. The molecule has 0 amide bonds. The van der Waals surface area contributed by atoms with Gasteiger partial charge in [-0.2, -0.15) is 0 Å². The molecule has 4 nitrogen and oxygen atoms in total. The standard InChI is InChI=1S/C13H18N4.ClH/c1-2-11(9-13-15-7-8-16-13)17-12-5-3-10(14)4-6-12;/h3-8,11,17H,2,9,14H2,1H3,(H,15,16);1H. The van der Waals surface area contributed by atoms with Gasteiger partial charge in [0.05, 0.1) is 6.42 Å². The molecule has 1 atom stereocenters. The molecule has 2 aromatic rings. The molecular weight excluding hydrogens is 248 g/mol. The quantitative estimate of drug-likeness (QED) is 0.598. The van der Waals surface area contributed by atoms with Gasteiger partial charge in [0.25, 0.3) is 5.82 Å².